The highest BCUT2D eigenvalue weighted by atomic mass is 32.2. The Morgan fingerprint density at radius 1 is 1.47 bits per heavy atom. The van der Waals surface area contributed by atoms with E-state index in [1.54, 1.807) is 12.1 Å². The van der Waals surface area contributed by atoms with E-state index in [-0.39, 0.29) is 10.9 Å². The topological polar surface area (TPSA) is 46.5 Å². The van der Waals surface area contributed by atoms with Crippen LogP contribution in [0.5, 0.6) is 0 Å². The highest BCUT2D eigenvalue weighted by Gasteiger charge is 2.19. The molecule has 1 heterocycles. The van der Waals surface area contributed by atoms with Crippen LogP contribution in [0.1, 0.15) is 12.5 Å². The minimum Gasteiger partial charge on any atom is -0.733 e. The first-order valence-electron chi connectivity index (χ1n) is 5.37. The van der Waals surface area contributed by atoms with Crippen molar-refractivity contribution >= 4 is 35.3 Å². The van der Waals surface area contributed by atoms with Gasteiger partial charge in [-0.2, -0.15) is 0 Å². The summed E-state index contributed by atoms with van der Waals surface area (Å²) < 4.78 is 0.442. The van der Waals surface area contributed by atoms with Crippen molar-refractivity contribution in [2.75, 3.05) is 11.0 Å². The van der Waals surface area contributed by atoms with Gasteiger partial charge >= 0.3 is 0 Å². The Hall–Kier alpha value is -0.620. The number of anilines is 1. The molecule has 3 nitrogen and oxygen atoms in total. The molecule has 0 unspecified atom stereocenters. The summed E-state index contributed by atoms with van der Waals surface area (Å²) in [5, 5.41) is 20.5. The zero-order valence-electron chi connectivity index (χ0n) is 9.45. The molecule has 0 spiro atoms. The van der Waals surface area contributed by atoms with Gasteiger partial charge in [0.2, 0.25) is 0 Å². The first-order chi connectivity index (χ1) is 8.16. The molecule has 0 radical (unpaired) electrons. The number of nitrogens with zero attached hydrogens (tertiary/aromatic N) is 1. The summed E-state index contributed by atoms with van der Waals surface area (Å²) in [6.07, 6.45) is 3.99. The average Bonchev–Trinajstić information content (AvgIpc) is 2.73. The highest BCUT2D eigenvalue weighted by Crippen LogP contribution is 2.38. The van der Waals surface area contributed by atoms with Crippen molar-refractivity contribution < 1.29 is 5.21 Å². The van der Waals surface area contributed by atoms with Crippen LogP contribution in [-0.2, 0) is 0 Å². The second kappa shape index (κ2) is 5.82. The fraction of sp³-hybridized carbons (Fsp3) is 0.333. The van der Waals surface area contributed by atoms with Gasteiger partial charge in [-0.25, -0.2) is 0 Å². The van der Waals surface area contributed by atoms with E-state index in [0.29, 0.717) is 9.83 Å². The van der Waals surface area contributed by atoms with E-state index in [1.807, 2.05) is 41.7 Å². The van der Waals surface area contributed by atoms with Crippen LogP contribution < -0.4 is 5.23 Å². The molecule has 92 valence electrons. The number of para-hydroxylation sites is 1. The molecular formula is C12H14NO2S2-. The Kier molecular flexibility index (Phi) is 4.39. The van der Waals surface area contributed by atoms with Crippen molar-refractivity contribution in [2.45, 2.75) is 16.8 Å². The van der Waals surface area contributed by atoms with Crippen molar-refractivity contribution in [1.82, 2.24) is 0 Å². The SMILES string of the molecule is C[C@@H]1CS[C@H](C=Cc2ccccc2N([O-])O)S1. The monoisotopic (exact) mass is 268 g/mol. The number of thioether (sulfide) groups is 2. The van der Waals surface area contributed by atoms with E-state index >= 15 is 0 Å². The number of rotatable bonds is 3. The van der Waals surface area contributed by atoms with Crippen molar-refractivity contribution in [3.63, 3.8) is 0 Å². The maximum absolute atomic E-state index is 10.9. The number of benzene rings is 1. The van der Waals surface area contributed by atoms with E-state index in [1.165, 1.54) is 0 Å². The first-order valence-corrected chi connectivity index (χ1v) is 7.36. The molecule has 1 aliphatic heterocycles. The Morgan fingerprint density at radius 3 is 2.88 bits per heavy atom. The molecule has 0 aliphatic carbocycles. The first kappa shape index (κ1) is 12.8. The summed E-state index contributed by atoms with van der Waals surface area (Å²) >= 11 is 3.83. The predicted molar refractivity (Wildman–Crippen MR) is 76.4 cm³/mol. The molecule has 5 heteroatoms. The van der Waals surface area contributed by atoms with Crippen molar-refractivity contribution in [2.24, 2.45) is 0 Å². The molecule has 0 amide bonds. The van der Waals surface area contributed by atoms with Gasteiger partial charge in [-0.1, -0.05) is 37.3 Å². The van der Waals surface area contributed by atoms with E-state index in [2.05, 4.69) is 13.0 Å². The van der Waals surface area contributed by atoms with E-state index in [4.69, 9.17) is 5.21 Å². The van der Waals surface area contributed by atoms with Crippen LogP contribution in [0.3, 0.4) is 0 Å². The molecule has 2 atom stereocenters. The lowest BCUT2D eigenvalue weighted by molar-refractivity contribution is 0.296. The van der Waals surface area contributed by atoms with Gasteiger partial charge in [0, 0.05) is 11.0 Å². The lowest BCUT2D eigenvalue weighted by Gasteiger charge is -2.23. The maximum atomic E-state index is 10.9. The number of hydrogen-bond donors (Lipinski definition) is 1. The smallest absolute Gasteiger partial charge is 0.0688 e. The summed E-state index contributed by atoms with van der Waals surface area (Å²) in [5.74, 6) is 1.16. The van der Waals surface area contributed by atoms with Gasteiger partial charge in [0.15, 0.2) is 0 Å². The summed E-state index contributed by atoms with van der Waals surface area (Å²) in [6.45, 7) is 2.21. The standard InChI is InChI=1S/C12H14NO2S2/c1-9-8-16-12(17-9)7-6-10-4-2-3-5-11(10)13(14)15/h2-7,9,12,14H,8H2,1H3/q-1/t9-,12+/m1/s1. The zero-order valence-corrected chi connectivity index (χ0v) is 11.1. The van der Waals surface area contributed by atoms with Gasteiger partial charge in [0.1, 0.15) is 0 Å². The fourth-order valence-corrected chi connectivity index (χ4v) is 4.57. The van der Waals surface area contributed by atoms with E-state index < -0.39 is 0 Å². The fourth-order valence-electron chi connectivity index (χ4n) is 1.62. The van der Waals surface area contributed by atoms with Crippen molar-refractivity contribution in [3.05, 3.63) is 41.1 Å². The summed E-state index contributed by atoms with van der Waals surface area (Å²) in [5.41, 5.74) is 1.02. The molecular weight excluding hydrogens is 254 g/mol. The number of hydrogen-bond acceptors (Lipinski definition) is 5. The van der Waals surface area contributed by atoms with Crippen LogP contribution in [0.2, 0.25) is 0 Å². The van der Waals surface area contributed by atoms with Crippen LogP contribution in [0, 0.1) is 5.21 Å². The molecule has 1 aliphatic rings. The third-order valence-electron chi connectivity index (χ3n) is 2.44. The third kappa shape index (κ3) is 3.42. The lowest BCUT2D eigenvalue weighted by Crippen LogP contribution is -2.08. The molecule has 0 aromatic heterocycles. The maximum Gasteiger partial charge on any atom is 0.0688 e. The molecule has 1 saturated heterocycles. The van der Waals surface area contributed by atoms with Gasteiger partial charge in [-0.05, 0) is 11.6 Å². The van der Waals surface area contributed by atoms with Crippen LogP contribution in [0.4, 0.5) is 5.69 Å². The summed E-state index contributed by atoms with van der Waals surface area (Å²) in [6, 6.07) is 7.00. The van der Waals surface area contributed by atoms with Gasteiger partial charge in [-0.3, -0.25) is 5.21 Å². The normalized spacial score (nSPS) is 24.4. The Bertz CT molecular complexity index is 409. The molecule has 1 aromatic carbocycles. The molecule has 0 saturated carbocycles. The molecule has 1 aromatic rings. The highest BCUT2D eigenvalue weighted by molar-refractivity contribution is 8.20. The summed E-state index contributed by atoms with van der Waals surface area (Å²) in [4.78, 5) is 0. The molecule has 1 N–H and O–H groups in total. The Morgan fingerprint density at radius 2 is 2.24 bits per heavy atom. The zero-order chi connectivity index (χ0) is 12.3. The van der Waals surface area contributed by atoms with Gasteiger partial charge in [0.25, 0.3) is 0 Å². The van der Waals surface area contributed by atoms with E-state index in [9.17, 15) is 5.21 Å². The average molecular weight is 268 g/mol. The van der Waals surface area contributed by atoms with Crippen LogP contribution in [0.15, 0.2) is 30.3 Å². The van der Waals surface area contributed by atoms with Crippen molar-refractivity contribution in [3.8, 4) is 0 Å². The summed E-state index contributed by atoms with van der Waals surface area (Å²) in [7, 11) is 0. The lowest BCUT2D eigenvalue weighted by atomic mass is 10.1. The van der Waals surface area contributed by atoms with Crippen LogP contribution >= 0.6 is 23.5 Å². The minimum atomic E-state index is -0.0861. The Balaban J connectivity index is 2.10. The van der Waals surface area contributed by atoms with Gasteiger partial charge < -0.3 is 10.4 Å². The second-order valence-electron chi connectivity index (χ2n) is 3.84. The molecule has 0 bridgehead atoms. The molecule has 2 rings (SSSR count). The molecule has 1 fully saturated rings. The molecule has 17 heavy (non-hydrogen) atoms. The Labute approximate surface area is 109 Å². The van der Waals surface area contributed by atoms with Gasteiger partial charge in [-0.15, -0.1) is 23.5 Å². The second-order valence-corrected chi connectivity index (χ2v) is 6.90. The minimum absolute atomic E-state index is 0.0861. The van der Waals surface area contributed by atoms with E-state index in [0.717, 1.165) is 11.3 Å². The van der Waals surface area contributed by atoms with Crippen LogP contribution in [0.25, 0.3) is 6.08 Å². The van der Waals surface area contributed by atoms with Gasteiger partial charge in [0.05, 0.1) is 10.3 Å². The third-order valence-corrected chi connectivity index (χ3v) is 5.62. The largest absolute Gasteiger partial charge is 0.733 e. The quantitative estimate of drug-likeness (QED) is 0.849. The van der Waals surface area contributed by atoms with Crippen LogP contribution in [-0.4, -0.2) is 20.8 Å². The predicted octanol–water partition coefficient (Wildman–Crippen LogP) is 3.59. The van der Waals surface area contributed by atoms with Crippen molar-refractivity contribution in [1.29, 1.82) is 0 Å².